The highest BCUT2D eigenvalue weighted by molar-refractivity contribution is 9.10. The third-order valence-corrected chi connectivity index (χ3v) is 3.05. The first-order chi connectivity index (χ1) is 7.22. The minimum Gasteiger partial charge on any atom is -0.314 e. The normalized spacial score (nSPS) is 10.6. The molecule has 0 atom stereocenters. The molecule has 1 aromatic heterocycles. The van der Waals surface area contributed by atoms with Gasteiger partial charge in [0.1, 0.15) is 6.33 Å². The molecule has 0 unspecified atom stereocenters. The van der Waals surface area contributed by atoms with Crippen LogP contribution in [-0.4, -0.2) is 14.8 Å². The minimum absolute atomic E-state index is 0.693. The Balaban J connectivity index is 2.58. The van der Waals surface area contributed by atoms with E-state index in [1.54, 1.807) is 6.33 Å². The van der Waals surface area contributed by atoms with Gasteiger partial charge >= 0.3 is 0 Å². The Kier molecular flexibility index (Phi) is 3.07. The lowest BCUT2D eigenvalue weighted by Crippen LogP contribution is -1.96. The molecule has 78 valence electrons. The fraction of sp³-hybridized carbons (Fsp3) is 0.200. The maximum absolute atomic E-state index is 5.95. The van der Waals surface area contributed by atoms with E-state index in [4.69, 9.17) is 11.6 Å². The Morgan fingerprint density at radius 3 is 3.00 bits per heavy atom. The third-order valence-electron chi connectivity index (χ3n) is 2.13. The summed E-state index contributed by atoms with van der Waals surface area (Å²) >= 11 is 9.43. The zero-order valence-corrected chi connectivity index (χ0v) is 10.5. The summed E-state index contributed by atoms with van der Waals surface area (Å²) in [4.78, 5) is 0. The van der Waals surface area contributed by atoms with Crippen LogP contribution in [0.4, 0.5) is 0 Å². The average molecular weight is 287 g/mol. The quantitative estimate of drug-likeness (QED) is 0.847. The van der Waals surface area contributed by atoms with Crippen molar-refractivity contribution in [2.24, 2.45) is 0 Å². The number of hydrogen-bond acceptors (Lipinski definition) is 2. The molecule has 3 nitrogen and oxygen atoms in total. The zero-order valence-electron chi connectivity index (χ0n) is 8.11. The number of halogens is 2. The van der Waals surface area contributed by atoms with Gasteiger partial charge in [0.25, 0.3) is 0 Å². The van der Waals surface area contributed by atoms with E-state index in [0.29, 0.717) is 5.02 Å². The first-order valence-electron chi connectivity index (χ1n) is 4.55. The summed E-state index contributed by atoms with van der Waals surface area (Å²) in [6, 6.07) is 5.62. The predicted molar refractivity (Wildman–Crippen MR) is 63.8 cm³/mol. The van der Waals surface area contributed by atoms with Gasteiger partial charge in [0.05, 0.1) is 0 Å². The second kappa shape index (κ2) is 4.33. The predicted octanol–water partition coefficient (Wildman–Crippen LogP) is 3.38. The highest BCUT2D eigenvalue weighted by Crippen LogP contribution is 2.29. The Bertz CT molecular complexity index is 481. The lowest BCUT2D eigenvalue weighted by Gasteiger charge is -2.05. The maximum Gasteiger partial charge on any atom is 0.164 e. The molecule has 0 radical (unpaired) electrons. The molecule has 5 heteroatoms. The first-order valence-corrected chi connectivity index (χ1v) is 5.72. The van der Waals surface area contributed by atoms with Gasteiger partial charge in [-0.15, -0.1) is 10.2 Å². The molecule has 0 amide bonds. The fourth-order valence-corrected chi connectivity index (χ4v) is 1.96. The largest absolute Gasteiger partial charge is 0.314 e. The van der Waals surface area contributed by atoms with Crippen LogP contribution >= 0.6 is 27.5 Å². The fourth-order valence-electron chi connectivity index (χ4n) is 1.36. The van der Waals surface area contributed by atoms with Gasteiger partial charge in [-0.05, 0) is 25.1 Å². The number of nitrogens with zero attached hydrogens (tertiary/aromatic N) is 3. The Morgan fingerprint density at radius 2 is 2.27 bits per heavy atom. The molecule has 1 aromatic carbocycles. The van der Waals surface area contributed by atoms with Gasteiger partial charge in [-0.25, -0.2) is 0 Å². The Morgan fingerprint density at radius 1 is 1.47 bits per heavy atom. The van der Waals surface area contributed by atoms with Crippen molar-refractivity contribution in [3.63, 3.8) is 0 Å². The van der Waals surface area contributed by atoms with Crippen molar-refractivity contribution < 1.29 is 0 Å². The summed E-state index contributed by atoms with van der Waals surface area (Å²) in [5.41, 5.74) is 0.960. The molecule has 0 spiro atoms. The SMILES string of the molecule is CCn1cnnc1-c1cc(Cl)ccc1Br. The van der Waals surface area contributed by atoms with E-state index in [-0.39, 0.29) is 0 Å². The van der Waals surface area contributed by atoms with Gasteiger partial charge in [0.15, 0.2) is 5.82 Å². The summed E-state index contributed by atoms with van der Waals surface area (Å²) in [6.07, 6.45) is 1.71. The van der Waals surface area contributed by atoms with Crippen LogP contribution in [0.1, 0.15) is 6.92 Å². The molecule has 0 aliphatic carbocycles. The van der Waals surface area contributed by atoms with E-state index < -0.39 is 0 Å². The van der Waals surface area contributed by atoms with Crippen LogP contribution in [0.5, 0.6) is 0 Å². The molecule has 0 bridgehead atoms. The Labute approximate surface area is 101 Å². The second-order valence-electron chi connectivity index (χ2n) is 3.06. The Hall–Kier alpha value is -0.870. The van der Waals surface area contributed by atoms with Crippen LogP contribution in [0.3, 0.4) is 0 Å². The van der Waals surface area contributed by atoms with Gasteiger partial charge in [-0.3, -0.25) is 0 Å². The van der Waals surface area contributed by atoms with Gasteiger partial charge in [-0.1, -0.05) is 27.5 Å². The summed E-state index contributed by atoms with van der Waals surface area (Å²) in [6.45, 7) is 2.88. The van der Waals surface area contributed by atoms with Crippen LogP contribution in [0.15, 0.2) is 29.0 Å². The molecule has 0 aliphatic heterocycles. The molecule has 0 N–H and O–H groups in total. The van der Waals surface area contributed by atoms with E-state index in [2.05, 4.69) is 26.1 Å². The summed E-state index contributed by atoms with van der Waals surface area (Å²) in [5, 5.41) is 8.67. The molecule has 0 aliphatic rings. The van der Waals surface area contributed by atoms with E-state index in [0.717, 1.165) is 22.4 Å². The van der Waals surface area contributed by atoms with Crippen molar-refractivity contribution in [2.45, 2.75) is 13.5 Å². The summed E-state index contributed by atoms with van der Waals surface area (Å²) < 4.78 is 2.94. The van der Waals surface area contributed by atoms with E-state index >= 15 is 0 Å². The van der Waals surface area contributed by atoms with Crippen LogP contribution in [-0.2, 0) is 6.54 Å². The molecule has 1 heterocycles. The van der Waals surface area contributed by atoms with Crippen molar-refractivity contribution in [1.29, 1.82) is 0 Å². The molecule has 2 aromatic rings. The molecular weight excluding hydrogens is 277 g/mol. The van der Waals surface area contributed by atoms with Gasteiger partial charge < -0.3 is 4.57 Å². The van der Waals surface area contributed by atoms with E-state index in [9.17, 15) is 0 Å². The van der Waals surface area contributed by atoms with Crippen molar-refractivity contribution in [1.82, 2.24) is 14.8 Å². The van der Waals surface area contributed by atoms with Crippen molar-refractivity contribution in [3.8, 4) is 11.4 Å². The highest BCUT2D eigenvalue weighted by Gasteiger charge is 2.10. The lowest BCUT2D eigenvalue weighted by molar-refractivity contribution is 0.766. The number of aromatic nitrogens is 3. The standard InChI is InChI=1S/C10H9BrClN3/c1-2-15-6-13-14-10(15)8-5-7(12)3-4-9(8)11/h3-6H,2H2,1H3. The topological polar surface area (TPSA) is 30.7 Å². The number of aryl methyl sites for hydroxylation is 1. The second-order valence-corrected chi connectivity index (χ2v) is 4.36. The van der Waals surface area contributed by atoms with Gasteiger partial charge in [0, 0.05) is 21.6 Å². The average Bonchev–Trinajstić information content (AvgIpc) is 2.69. The molecule has 0 fully saturated rings. The van der Waals surface area contributed by atoms with Crippen molar-refractivity contribution >= 4 is 27.5 Å². The maximum atomic E-state index is 5.95. The first kappa shape index (κ1) is 10.6. The summed E-state index contributed by atoms with van der Waals surface area (Å²) in [7, 11) is 0. The smallest absolute Gasteiger partial charge is 0.164 e. The summed E-state index contributed by atoms with van der Waals surface area (Å²) in [5.74, 6) is 0.826. The van der Waals surface area contributed by atoms with Gasteiger partial charge in [0.2, 0.25) is 0 Å². The molecule has 0 saturated carbocycles. The molecule has 2 rings (SSSR count). The van der Waals surface area contributed by atoms with Crippen molar-refractivity contribution in [3.05, 3.63) is 34.0 Å². The van der Waals surface area contributed by atoms with Crippen LogP contribution in [0, 0.1) is 0 Å². The number of benzene rings is 1. The van der Waals surface area contributed by atoms with Crippen LogP contribution in [0.25, 0.3) is 11.4 Å². The van der Waals surface area contributed by atoms with Crippen LogP contribution in [0.2, 0.25) is 5.02 Å². The third kappa shape index (κ3) is 2.06. The molecule has 0 saturated heterocycles. The molecular formula is C10H9BrClN3. The number of rotatable bonds is 2. The zero-order chi connectivity index (χ0) is 10.8. The monoisotopic (exact) mass is 285 g/mol. The molecule has 15 heavy (non-hydrogen) atoms. The van der Waals surface area contributed by atoms with Crippen LogP contribution < -0.4 is 0 Å². The minimum atomic E-state index is 0.693. The highest BCUT2D eigenvalue weighted by atomic mass is 79.9. The van der Waals surface area contributed by atoms with E-state index in [1.165, 1.54) is 0 Å². The lowest BCUT2D eigenvalue weighted by atomic mass is 10.2. The number of hydrogen-bond donors (Lipinski definition) is 0. The van der Waals surface area contributed by atoms with E-state index in [1.807, 2.05) is 29.7 Å². The van der Waals surface area contributed by atoms with Gasteiger partial charge in [-0.2, -0.15) is 0 Å². The van der Waals surface area contributed by atoms with Crippen molar-refractivity contribution in [2.75, 3.05) is 0 Å².